The highest BCUT2D eigenvalue weighted by Crippen LogP contribution is 2.16. The van der Waals surface area contributed by atoms with Crippen molar-refractivity contribution in [1.29, 1.82) is 0 Å². The summed E-state index contributed by atoms with van der Waals surface area (Å²) in [6, 6.07) is 5.23. The van der Waals surface area contributed by atoms with Gasteiger partial charge in [-0.05, 0) is 70.0 Å². The van der Waals surface area contributed by atoms with Crippen LogP contribution < -0.4 is 10.6 Å². The minimum absolute atomic E-state index is 0.0177. The van der Waals surface area contributed by atoms with Crippen molar-refractivity contribution in [3.05, 3.63) is 29.3 Å². The van der Waals surface area contributed by atoms with Gasteiger partial charge < -0.3 is 10.4 Å². The smallest absolute Gasteiger partial charge is 0.325 e. The van der Waals surface area contributed by atoms with Gasteiger partial charge in [-0.15, -0.1) is 0 Å². The zero-order valence-electron chi connectivity index (χ0n) is 16.8. The van der Waals surface area contributed by atoms with Crippen molar-refractivity contribution in [2.24, 2.45) is 0 Å². The van der Waals surface area contributed by atoms with E-state index >= 15 is 0 Å². The molecule has 1 saturated heterocycles. The number of hydrogen-bond donors (Lipinski definition) is 3. The number of aliphatic carboxylic acids is 1. The maximum atomic E-state index is 12.2. The van der Waals surface area contributed by atoms with Crippen LogP contribution in [0.25, 0.3) is 0 Å². The number of anilines is 1. The fraction of sp³-hybridized carbons (Fsp3) is 0.550. The topological polar surface area (TPSA) is 102 Å². The molecule has 1 unspecified atom stereocenters. The van der Waals surface area contributed by atoms with E-state index in [1.54, 1.807) is 6.07 Å². The Morgan fingerprint density at radius 3 is 2.61 bits per heavy atom. The quantitative estimate of drug-likeness (QED) is 0.685. The molecule has 154 valence electrons. The van der Waals surface area contributed by atoms with E-state index in [1.165, 1.54) is 0 Å². The Bertz CT molecular complexity index is 722. The Kier molecular flexibility index (Phi) is 7.95. The molecule has 8 nitrogen and oxygen atoms in total. The molecule has 1 aromatic carbocycles. The van der Waals surface area contributed by atoms with Crippen LogP contribution >= 0.6 is 0 Å². The molecule has 1 atom stereocenters. The number of imide groups is 1. The third kappa shape index (κ3) is 6.94. The van der Waals surface area contributed by atoms with Gasteiger partial charge in [-0.25, -0.2) is 4.79 Å². The van der Waals surface area contributed by atoms with Crippen molar-refractivity contribution < 1.29 is 19.5 Å². The molecule has 0 radical (unpaired) electrons. The number of carbonyl (C=O) groups excluding carboxylic acids is 2. The average Bonchev–Trinajstić information content (AvgIpc) is 2.83. The number of carboxylic acids is 1. The van der Waals surface area contributed by atoms with Crippen LogP contribution in [0.15, 0.2) is 18.2 Å². The second-order valence-corrected chi connectivity index (χ2v) is 7.47. The third-order valence-electron chi connectivity index (χ3n) is 5.18. The van der Waals surface area contributed by atoms with Gasteiger partial charge in [0.05, 0.1) is 13.1 Å². The van der Waals surface area contributed by atoms with Gasteiger partial charge in [0.2, 0.25) is 5.91 Å². The zero-order valence-corrected chi connectivity index (χ0v) is 16.8. The number of urea groups is 1. The SMILES string of the molecule is Cc1ccc(NC(=O)NC(=O)CN2CCCC(N(C)CC(=O)O)CC2)cc1C. The Hall–Kier alpha value is -2.45. The first-order valence-electron chi connectivity index (χ1n) is 9.57. The number of amides is 3. The van der Waals surface area contributed by atoms with E-state index in [1.807, 2.05) is 42.8 Å². The number of likely N-dealkylation sites (tertiary alicyclic amines) is 1. The molecule has 28 heavy (non-hydrogen) atoms. The fourth-order valence-corrected chi connectivity index (χ4v) is 3.43. The fourth-order valence-electron chi connectivity index (χ4n) is 3.43. The van der Waals surface area contributed by atoms with Crippen LogP contribution in [0.1, 0.15) is 30.4 Å². The molecule has 2 rings (SSSR count). The summed E-state index contributed by atoms with van der Waals surface area (Å²) in [5.74, 6) is -1.18. The molecule has 0 spiro atoms. The lowest BCUT2D eigenvalue weighted by atomic mass is 10.1. The highest BCUT2D eigenvalue weighted by Gasteiger charge is 2.23. The largest absolute Gasteiger partial charge is 0.480 e. The number of carbonyl (C=O) groups is 3. The summed E-state index contributed by atoms with van der Waals surface area (Å²) < 4.78 is 0. The molecular weight excluding hydrogens is 360 g/mol. The van der Waals surface area contributed by atoms with Crippen LogP contribution in [0.2, 0.25) is 0 Å². The maximum Gasteiger partial charge on any atom is 0.325 e. The zero-order chi connectivity index (χ0) is 20.7. The molecule has 0 saturated carbocycles. The number of benzene rings is 1. The molecule has 1 heterocycles. The number of hydrogen-bond acceptors (Lipinski definition) is 5. The predicted molar refractivity (Wildman–Crippen MR) is 107 cm³/mol. The first-order chi connectivity index (χ1) is 13.2. The minimum Gasteiger partial charge on any atom is -0.480 e. The van der Waals surface area contributed by atoms with Crippen LogP contribution in [0, 0.1) is 13.8 Å². The third-order valence-corrected chi connectivity index (χ3v) is 5.18. The Morgan fingerprint density at radius 1 is 1.18 bits per heavy atom. The first kappa shape index (κ1) is 21.8. The molecule has 3 amide bonds. The van der Waals surface area contributed by atoms with Crippen molar-refractivity contribution in [3.8, 4) is 0 Å². The molecule has 1 aliphatic heterocycles. The summed E-state index contributed by atoms with van der Waals surface area (Å²) in [5.41, 5.74) is 2.85. The number of rotatable bonds is 6. The number of aryl methyl sites for hydroxylation is 2. The first-order valence-corrected chi connectivity index (χ1v) is 9.57. The van der Waals surface area contributed by atoms with E-state index in [9.17, 15) is 14.4 Å². The van der Waals surface area contributed by atoms with Gasteiger partial charge in [-0.1, -0.05) is 6.07 Å². The molecule has 1 aromatic rings. The monoisotopic (exact) mass is 390 g/mol. The van der Waals surface area contributed by atoms with Crippen molar-refractivity contribution in [1.82, 2.24) is 15.1 Å². The highest BCUT2D eigenvalue weighted by atomic mass is 16.4. The normalized spacial score (nSPS) is 17.8. The summed E-state index contributed by atoms with van der Waals surface area (Å²) in [6.45, 7) is 5.57. The van der Waals surface area contributed by atoms with E-state index in [2.05, 4.69) is 10.6 Å². The summed E-state index contributed by atoms with van der Waals surface area (Å²) in [6.07, 6.45) is 2.58. The van der Waals surface area contributed by atoms with Gasteiger partial charge in [0.25, 0.3) is 0 Å². The summed E-state index contributed by atoms with van der Waals surface area (Å²) in [4.78, 5) is 39.0. The molecular formula is C20H30N4O4. The molecule has 0 aromatic heterocycles. The van der Waals surface area contributed by atoms with Gasteiger partial charge in [-0.2, -0.15) is 0 Å². The van der Waals surface area contributed by atoms with Crippen molar-refractivity contribution in [3.63, 3.8) is 0 Å². The summed E-state index contributed by atoms with van der Waals surface area (Å²) in [5, 5.41) is 14.0. The van der Waals surface area contributed by atoms with Crippen molar-refractivity contribution in [2.45, 2.75) is 39.2 Å². The molecule has 3 N–H and O–H groups in total. The van der Waals surface area contributed by atoms with Gasteiger partial charge >= 0.3 is 12.0 Å². The van der Waals surface area contributed by atoms with Gasteiger partial charge in [0.15, 0.2) is 0 Å². The van der Waals surface area contributed by atoms with E-state index in [4.69, 9.17) is 5.11 Å². The van der Waals surface area contributed by atoms with Crippen molar-refractivity contribution in [2.75, 3.05) is 38.5 Å². The number of nitrogens with zero attached hydrogens (tertiary/aromatic N) is 2. The van der Waals surface area contributed by atoms with Crippen molar-refractivity contribution >= 4 is 23.6 Å². The summed E-state index contributed by atoms with van der Waals surface area (Å²) >= 11 is 0. The van der Waals surface area contributed by atoms with Crippen LogP contribution in [-0.2, 0) is 9.59 Å². The van der Waals surface area contributed by atoms with E-state index in [0.29, 0.717) is 12.2 Å². The van der Waals surface area contributed by atoms with Crippen LogP contribution in [-0.4, -0.2) is 72.1 Å². The number of likely N-dealkylation sites (N-methyl/N-ethyl adjacent to an activating group) is 1. The highest BCUT2D eigenvalue weighted by molar-refractivity contribution is 6.01. The van der Waals surface area contributed by atoms with E-state index < -0.39 is 12.0 Å². The van der Waals surface area contributed by atoms with Crippen LogP contribution in [0.5, 0.6) is 0 Å². The minimum atomic E-state index is -0.835. The van der Waals surface area contributed by atoms with E-state index in [-0.39, 0.29) is 25.0 Å². The van der Waals surface area contributed by atoms with E-state index in [0.717, 1.165) is 36.9 Å². The molecule has 1 fully saturated rings. The number of nitrogens with one attached hydrogen (secondary N) is 2. The molecule has 8 heteroatoms. The lowest BCUT2D eigenvalue weighted by Crippen LogP contribution is -2.42. The molecule has 1 aliphatic rings. The summed E-state index contributed by atoms with van der Waals surface area (Å²) in [7, 11) is 1.82. The van der Waals surface area contributed by atoms with Crippen LogP contribution in [0.3, 0.4) is 0 Å². The molecule has 0 bridgehead atoms. The van der Waals surface area contributed by atoms with Gasteiger partial charge in [0, 0.05) is 18.3 Å². The predicted octanol–water partition coefficient (Wildman–Crippen LogP) is 1.82. The number of carboxylic acid groups (broad SMARTS) is 1. The second-order valence-electron chi connectivity index (χ2n) is 7.47. The van der Waals surface area contributed by atoms with Gasteiger partial charge in [0.1, 0.15) is 0 Å². The van der Waals surface area contributed by atoms with Gasteiger partial charge in [-0.3, -0.25) is 24.7 Å². The lowest BCUT2D eigenvalue weighted by molar-refractivity contribution is -0.138. The lowest BCUT2D eigenvalue weighted by Gasteiger charge is -2.25. The Labute approximate surface area is 165 Å². The Morgan fingerprint density at radius 2 is 1.93 bits per heavy atom. The standard InChI is InChI=1S/C20H30N4O4/c1-14-6-7-16(11-15(14)2)21-20(28)22-18(25)12-24-9-4-5-17(8-10-24)23(3)13-19(26)27/h6-7,11,17H,4-5,8-10,12-13H2,1-3H3,(H,26,27)(H2,21,22,25,28). The Balaban J connectivity index is 1.78. The molecule has 0 aliphatic carbocycles. The van der Waals surface area contributed by atoms with Crippen LogP contribution in [0.4, 0.5) is 10.5 Å². The maximum absolute atomic E-state index is 12.2. The second kappa shape index (κ2) is 10.2. The average molecular weight is 390 g/mol.